The van der Waals surface area contributed by atoms with Gasteiger partial charge in [0.1, 0.15) is 5.75 Å². The minimum absolute atomic E-state index is 0.0120. The van der Waals surface area contributed by atoms with Crippen LogP contribution in [0.5, 0.6) is 5.75 Å². The second-order valence-electron chi connectivity index (χ2n) is 13.4. The van der Waals surface area contributed by atoms with E-state index in [0.717, 1.165) is 80.5 Å². The summed E-state index contributed by atoms with van der Waals surface area (Å²) in [6.07, 6.45) is 12.9. The highest BCUT2D eigenvalue weighted by Gasteiger charge is 2.33. The number of carbonyl (C=O) groups excluding carboxylic acids is 1. The van der Waals surface area contributed by atoms with Crippen LogP contribution in [0.3, 0.4) is 0 Å². The molecule has 1 amide bonds. The summed E-state index contributed by atoms with van der Waals surface area (Å²) in [5, 5.41) is 13.7. The van der Waals surface area contributed by atoms with Crippen molar-refractivity contribution in [3.05, 3.63) is 66.0 Å². The molecule has 0 unspecified atom stereocenters. The first-order chi connectivity index (χ1) is 21.2. The molecule has 2 fully saturated rings. The van der Waals surface area contributed by atoms with Crippen LogP contribution in [0.2, 0.25) is 0 Å². The van der Waals surface area contributed by atoms with E-state index < -0.39 is 5.97 Å². The van der Waals surface area contributed by atoms with E-state index >= 15 is 0 Å². The second-order valence-corrected chi connectivity index (χ2v) is 13.4. The first-order valence-corrected chi connectivity index (χ1v) is 16.5. The Hall–Kier alpha value is -3.61. The quantitative estimate of drug-likeness (QED) is 0.239. The van der Waals surface area contributed by atoms with E-state index in [2.05, 4.69) is 79.4 Å². The number of hydrogen-bond donors (Lipinski definition) is 1. The average Bonchev–Trinajstić information content (AvgIpc) is 3.54. The lowest BCUT2D eigenvalue weighted by molar-refractivity contribution is -0.137. The standard InChI is InChI=1S/C37H49N3O4/c1-25(2)40-24-33(22-38-40)31-6-5-7-34(21-31)39(37(43)30-15-8-27(9-16-30)12-19-36(41)42)23-28-10-13-29(14-11-28)32-17-18-35(44-4)26(3)20-32/h5-7,17-18,20-22,24-25,27-30H,8-16,19,23H2,1-4H3,(H,41,42). The number of rotatable bonds is 11. The van der Waals surface area contributed by atoms with E-state index in [0.29, 0.717) is 24.2 Å². The maximum absolute atomic E-state index is 14.3. The highest BCUT2D eigenvalue weighted by atomic mass is 16.5. The summed E-state index contributed by atoms with van der Waals surface area (Å²) in [4.78, 5) is 27.4. The van der Waals surface area contributed by atoms with Gasteiger partial charge in [-0.25, -0.2) is 0 Å². The Kier molecular flexibility index (Phi) is 10.4. The first kappa shape index (κ1) is 31.8. The molecular weight excluding hydrogens is 550 g/mol. The fraction of sp³-hybridized carbons (Fsp3) is 0.541. The Bertz CT molecular complexity index is 1410. The van der Waals surface area contributed by atoms with Gasteiger partial charge in [-0.2, -0.15) is 5.10 Å². The molecular formula is C37H49N3O4. The molecule has 5 rings (SSSR count). The van der Waals surface area contributed by atoms with Crippen molar-refractivity contribution in [2.75, 3.05) is 18.6 Å². The maximum Gasteiger partial charge on any atom is 0.303 e. The monoisotopic (exact) mass is 599 g/mol. The third-order valence-electron chi connectivity index (χ3n) is 10.0. The van der Waals surface area contributed by atoms with Gasteiger partial charge in [-0.05, 0) is 131 Å². The number of carboxylic acid groups (broad SMARTS) is 1. The molecule has 2 aromatic carbocycles. The van der Waals surface area contributed by atoms with Crippen molar-refractivity contribution >= 4 is 17.6 Å². The topological polar surface area (TPSA) is 84.7 Å². The summed E-state index contributed by atoms with van der Waals surface area (Å²) in [5.74, 6) is 1.82. The van der Waals surface area contributed by atoms with E-state index in [1.807, 2.05) is 10.9 Å². The van der Waals surface area contributed by atoms with Crippen LogP contribution >= 0.6 is 0 Å². The van der Waals surface area contributed by atoms with E-state index in [4.69, 9.17) is 9.84 Å². The highest BCUT2D eigenvalue weighted by molar-refractivity contribution is 5.95. The van der Waals surface area contributed by atoms with Gasteiger partial charge in [-0.3, -0.25) is 14.3 Å². The summed E-state index contributed by atoms with van der Waals surface area (Å²) in [6, 6.07) is 15.3. The number of carboxylic acids is 1. The Balaban J connectivity index is 1.31. The van der Waals surface area contributed by atoms with Crippen LogP contribution in [0.15, 0.2) is 54.9 Å². The van der Waals surface area contributed by atoms with Gasteiger partial charge < -0.3 is 14.7 Å². The number of hydrogen-bond acceptors (Lipinski definition) is 4. The maximum atomic E-state index is 14.3. The van der Waals surface area contributed by atoms with E-state index in [9.17, 15) is 9.59 Å². The van der Waals surface area contributed by atoms with Gasteiger partial charge in [0.05, 0.1) is 13.3 Å². The van der Waals surface area contributed by atoms with Gasteiger partial charge >= 0.3 is 5.97 Å². The SMILES string of the molecule is COc1ccc(C2CCC(CN(C(=O)C3CCC(CCC(=O)O)CC3)c3cccc(-c4cnn(C(C)C)c4)c3)CC2)cc1C. The lowest BCUT2D eigenvalue weighted by atomic mass is 9.77. The molecule has 2 aliphatic carbocycles. The van der Waals surface area contributed by atoms with Crippen molar-refractivity contribution in [3.63, 3.8) is 0 Å². The summed E-state index contributed by atoms with van der Waals surface area (Å²) in [7, 11) is 1.72. The number of anilines is 1. The molecule has 2 aliphatic rings. The number of aliphatic carboxylic acids is 1. The lowest BCUT2D eigenvalue weighted by Crippen LogP contribution is -2.41. The fourth-order valence-electron chi connectivity index (χ4n) is 7.28. The summed E-state index contributed by atoms with van der Waals surface area (Å²) < 4.78 is 7.44. The second kappa shape index (κ2) is 14.4. The Labute approximate surface area is 262 Å². The number of aromatic nitrogens is 2. The molecule has 0 spiro atoms. The molecule has 3 aromatic rings. The molecule has 0 atom stereocenters. The third-order valence-corrected chi connectivity index (χ3v) is 10.0. The van der Waals surface area contributed by atoms with Crippen molar-refractivity contribution in [2.24, 2.45) is 17.8 Å². The normalized spacial score (nSPS) is 22.1. The van der Waals surface area contributed by atoms with Crippen molar-refractivity contribution < 1.29 is 19.4 Å². The van der Waals surface area contributed by atoms with E-state index in [-0.39, 0.29) is 24.3 Å². The zero-order valence-corrected chi connectivity index (χ0v) is 26.9. The molecule has 7 nitrogen and oxygen atoms in total. The number of nitrogens with zero attached hydrogens (tertiary/aromatic N) is 3. The van der Waals surface area contributed by atoms with Gasteiger partial charge in [0.15, 0.2) is 0 Å². The zero-order valence-electron chi connectivity index (χ0n) is 26.9. The van der Waals surface area contributed by atoms with Crippen LogP contribution in [0, 0.1) is 24.7 Å². The van der Waals surface area contributed by atoms with Crippen LogP contribution in [0.4, 0.5) is 5.69 Å². The summed E-state index contributed by atoms with van der Waals surface area (Å²) in [5.41, 5.74) is 5.67. The average molecular weight is 600 g/mol. The Morgan fingerprint density at radius 3 is 2.34 bits per heavy atom. The van der Waals surface area contributed by atoms with Gasteiger partial charge in [0.2, 0.25) is 5.91 Å². The van der Waals surface area contributed by atoms with Crippen LogP contribution in [-0.4, -0.2) is 40.4 Å². The fourth-order valence-corrected chi connectivity index (χ4v) is 7.28. The Morgan fingerprint density at radius 1 is 0.977 bits per heavy atom. The first-order valence-electron chi connectivity index (χ1n) is 16.5. The molecule has 7 heteroatoms. The molecule has 0 saturated heterocycles. The number of aryl methyl sites for hydroxylation is 1. The van der Waals surface area contributed by atoms with Crippen LogP contribution < -0.4 is 9.64 Å². The molecule has 0 aliphatic heterocycles. The predicted octanol–water partition coefficient (Wildman–Crippen LogP) is 8.43. The number of amides is 1. The lowest BCUT2D eigenvalue weighted by Gasteiger charge is -2.36. The largest absolute Gasteiger partial charge is 0.496 e. The van der Waals surface area contributed by atoms with E-state index in [1.165, 1.54) is 11.1 Å². The molecule has 0 bridgehead atoms. The third kappa shape index (κ3) is 7.72. The smallest absolute Gasteiger partial charge is 0.303 e. The number of ether oxygens (including phenoxy) is 1. The van der Waals surface area contributed by atoms with E-state index in [1.54, 1.807) is 7.11 Å². The molecule has 236 valence electrons. The van der Waals surface area contributed by atoms with Gasteiger partial charge in [-0.15, -0.1) is 0 Å². The van der Waals surface area contributed by atoms with Crippen LogP contribution in [0.25, 0.3) is 11.1 Å². The van der Waals surface area contributed by atoms with Crippen molar-refractivity contribution in [1.82, 2.24) is 9.78 Å². The molecule has 0 radical (unpaired) electrons. The minimum atomic E-state index is -0.731. The number of carbonyl (C=O) groups is 2. The highest BCUT2D eigenvalue weighted by Crippen LogP contribution is 2.39. The summed E-state index contributed by atoms with van der Waals surface area (Å²) >= 11 is 0. The molecule has 2 saturated carbocycles. The van der Waals surface area contributed by atoms with Gasteiger partial charge in [-0.1, -0.05) is 24.3 Å². The van der Waals surface area contributed by atoms with Crippen molar-refractivity contribution in [1.29, 1.82) is 0 Å². The van der Waals surface area contributed by atoms with Crippen LogP contribution in [-0.2, 0) is 9.59 Å². The van der Waals surface area contributed by atoms with Crippen molar-refractivity contribution in [3.8, 4) is 16.9 Å². The van der Waals surface area contributed by atoms with Crippen LogP contribution in [0.1, 0.15) is 101 Å². The number of methoxy groups -OCH3 is 1. The van der Waals surface area contributed by atoms with Gasteiger partial charge in [0.25, 0.3) is 0 Å². The number of benzene rings is 2. The Morgan fingerprint density at radius 2 is 1.70 bits per heavy atom. The van der Waals surface area contributed by atoms with Gasteiger partial charge in [0, 0.05) is 42.4 Å². The zero-order chi connectivity index (χ0) is 31.2. The summed E-state index contributed by atoms with van der Waals surface area (Å²) in [6.45, 7) is 7.09. The molecule has 44 heavy (non-hydrogen) atoms. The van der Waals surface area contributed by atoms with Crippen molar-refractivity contribution in [2.45, 2.75) is 96.9 Å². The molecule has 1 aromatic heterocycles. The minimum Gasteiger partial charge on any atom is -0.496 e. The molecule has 1 heterocycles. The predicted molar refractivity (Wildman–Crippen MR) is 175 cm³/mol. The molecule has 1 N–H and O–H groups in total.